The second kappa shape index (κ2) is 3.93. The first-order chi connectivity index (χ1) is 7.77. The van der Waals surface area contributed by atoms with Crippen molar-refractivity contribution in [1.82, 2.24) is 0 Å². The summed E-state index contributed by atoms with van der Waals surface area (Å²) in [6, 6.07) is 0. The fraction of sp³-hybridized carbons (Fsp3) is 0.286. The number of hydrogen-bond donors (Lipinski definition) is 0. The van der Waals surface area contributed by atoms with Gasteiger partial charge < -0.3 is 0 Å². The van der Waals surface area contributed by atoms with Gasteiger partial charge in [-0.05, 0) is 11.6 Å². The Hall–Kier alpha value is -0.733. The highest BCUT2D eigenvalue weighted by molar-refractivity contribution is 8.25. The Balaban J connectivity index is 2.06. The fourth-order valence-corrected chi connectivity index (χ4v) is 9.43. The average molecular weight is 244 g/mol. The van der Waals surface area contributed by atoms with Crippen molar-refractivity contribution in [2.45, 2.75) is 18.3 Å². The van der Waals surface area contributed by atoms with E-state index in [0.717, 1.165) is 5.25 Å². The van der Waals surface area contributed by atoms with Gasteiger partial charge in [-0.1, -0.05) is 55.6 Å². The van der Waals surface area contributed by atoms with Gasteiger partial charge in [0.1, 0.15) is 0 Å². The molecule has 1 aliphatic heterocycles. The lowest BCUT2D eigenvalue weighted by Gasteiger charge is -2.20. The average Bonchev–Trinajstić information content (AvgIpc) is 2.92. The first kappa shape index (κ1) is 10.4. The molecule has 0 saturated heterocycles. The molecule has 0 aromatic carbocycles. The van der Waals surface area contributed by atoms with Crippen molar-refractivity contribution in [3.05, 3.63) is 59.1 Å². The summed E-state index contributed by atoms with van der Waals surface area (Å²) in [4.78, 5) is 1.64. The number of rotatable bonds is 1. The molecule has 0 bridgehead atoms. The third-order valence-corrected chi connectivity index (χ3v) is 10.1. The van der Waals surface area contributed by atoms with E-state index in [-0.39, 0.29) is 7.50 Å². The molecule has 0 nitrogen and oxygen atoms in total. The molecule has 1 heterocycles. The van der Waals surface area contributed by atoms with Crippen molar-refractivity contribution in [1.29, 1.82) is 0 Å². The van der Waals surface area contributed by atoms with Crippen LogP contribution in [0, 0.1) is 5.92 Å². The molecule has 0 fully saturated rings. The Morgan fingerprint density at radius 2 is 1.88 bits per heavy atom. The highest BCUT2D eigenvalue weighted by atomic mass is 32.3. The van der Waals surface area contributed by atoms with Crippen LogP contribution in [0.15, 0.2) is 59.1 Å². The maximum atomic E-state index is 2.51. The molecule has 2 aliphatic carbocycles. The summed E-state index contributed by atoms with van der Waals surface area (Å²) in [5.74, 6) is 0.649. The van der Waals surface area contributed by atoms with Crippen molar-refractivity contribution in [3.8, 4) is 0 Å². The van der Waals surface area contributed by atoms with Crippen LogP contribution in [-0.4, -0.2) is 12.8 Å². The van der Waals surface area contributed by atoms with Gasteiger partial charge in [-0.2, -0.15) is 9.89 Å². The third kappa shape index (κ3) is 1.52. The Morgan fingerprint density at radius 3 is 2.56 bits per heavy atom. The van der Waals surface area contributed by atoms with E-state index in [1.807, 2.05) is 0 Å². The molecule has 16 heavy (non-hydrogen) atoms. The molecule has 2 atom stereocenters. The zero-order chi connectivity index (χ0) is 11.1. The second-order valence-corrected chi connectivity index (χ2v) is 11.8. The summed E-state index contributed by atoms with van der Waals surface area (Å²) in [7, 11) is 0.243. The van der Waals surface area contributed by atoms with Crippen molar-refractivity contribution in [2.24, 2.45) is 5.92 Å². The largest absolute Gasteiger partial charge is 0.174 e. The van der Waals surface area contributed by atoms with Gasteiger partial charge in [-0.25, -0.2) is 0 Å². The van der Waals surface area contributed by atoms with Gasteiger partial charge in [-0.15, -0.1) is 0 Å². The van der Waals surface area contributed by atoms with Crippen LogP contribution in [0.1, 0.15) is 0 Å². The lowest BCUT2D eigenvalue weighted by molar-refractivity contribution is 0.867. The first-order valence-corrected chi connectivity index (χ1v) is 10.3. The summed E-state index contributed by atoms with van der Waals surface area (Å²) < 4.78 is 0. The van der Waals surface area contributed by atoms with E-state index < -0.39 is 0 Å². The van der Waals surface area contributed by atoms with E-state index in [1.165, 1.54) is 5.57 Å². The van der Waals surface area contributed by atoms with E-state index in [1.54, 1.807) is 4.91 Å². The second-order valence-electron chi connectivity index (χ2n) is 4.57. The Kier molecular flexibility index (Phi) is 2.56. The Morgan fingerprint density at radius 1 is 1.12 bits per heavy atom. The minimum atomic E-state index is -0.250. The monoisotopic (exact) mass is 244 g/mol. The zero-order valence-electron chi connectivity index (χ0n) is 9.68. The van der Waals surface area contributed by atoms with E-state index in [9.17, 15) is 0 Å². The summed E-state index contributed by atoms with van der Waals surface area (Å²) in [5, 5.41) is 0.741. The summed E-state index contributed by atoms with van der Waals surface area (Å²) in [5.41, 5.74) is 1.51. The zero-order valence-corrected chi connectivity index (χ0v) is 11.5. The summed E-state index contributed by atoms with van der Waals surface area (Å²) in [6.07, 6.45) is 18.5. The van der Waals surface area contributed by atoms with E-state index in [4.69, 9.17) is 0 Å². The molecule has 0 saturated carbocycles. The molecule has 0 spiro atoms. The number of hydrogen-bond acceptors (Lipinski definition) is 0. The van der Waals surface area contributed by atoms with Gasteiger partial charge in [0, 0.05) is 23.6 Å². The van der Waals surface area contributed by atoms with Crippen LogP contribution in [0.25, 0.3) is 0 Å². The molecule has 2 heteroatoms. The molecule has 0 N–H and O–H groups in total. The summed E-state index contributed by atoms with van der Waals surface area (Å²) in [6.45, 7) is 4.91. The summed E-state index contributed by atoms with van der Waals surface area (Å²) >= 11 is 0. The SMILES string of the molecule is C[Si](C)=S1C2=CC=CC2=CC1C1C=CC=C1. The molecule has 0 aromatic rings. The van der Waals surface area contributed by atoms with Crippen molar-refractivity contribution >= 4 is 17.4 Å². The van der Waals surface area contributed by atoms with Gasteiger partial charge in [0.25, 0.3) is 0 Å². The lowest BCUT2D eigenvalue weighted by Crippen LogP contribution is -2.11. The van der Waals surface area contributed by atoms with E-state index >= 15 is 0 Å². The van der Waals surface area contributed by atoms with Crippen LogP contribution in [0.2, 0.25) is 13.1 Å². The normalized spacial score (nSPS) is 30.9. The minimum Gasteiger partial charge on any atom is -0.174 e. The molecular weight excluding hydrogens is 228 g/mol. The predicted octanol–water partition coefficient (Wildman–Crippen LogP) is 4.01. The molecule has 0 amide bonds. The highest BCUT2D eigenvalue weighted by Crippen LogP contribution is 2.50. The van der Waals surface area contributed by atoms with Crippen LogP contribution in [0.4, 0.5) is 0 Å². The van der Waals surface area contributed by atoms with Crippen molar-refractivity contribution < 1.29 is 0 Å². The van der Waals surface area contributed by atoms with Crippen LogP contribution in [0.5, 0.6) is 0 Å². The predicted molar refractivity (Wildman–Crippen MR) is 75.9 cm³/mol. The molecular formula is C14H16SSi. The van der Waals surface area contributed by atoms with Crippen LogP contribution in [0.3, 0.4) is 0 Å². The van der Waals surface area contributed by atoms with Crippen LogP contribution >= 0.6 is 9.89 Å². The standard InChI is InChI=1S/C14H16SSi/c1-16(2)15-13-9-5-8-12(13)10-14(15)11-6-3-4-7-11/h3-11,14H,1-2H3. The topological polar surface area (TPSA) is 0 Å². The molecule has 3 rings (SSSR count). The maximum absolute atomic E-state index is 2.51. The van der Waals surface area contributed by atoms with Gasteiger partial charge in [-0.3, -0.25) is 0 Å². The quantitative estimate of drug-likeness (QED) is 0.611. The first-order valence-electron chi connectivity index (χ1n) is 5.76. The van der Waals surface area contributed by atoms with Gasteiger partial charge in [0.05, 0.1) is 0 Å². The number of allylic oxidation sites excluding steroid dienone is 8. The van der Waals surface area contributed by atoms with Crippen molar-refractivity contribution in [2.75, 3.05) is 0 Å². The molecule has 0 aromatic heterocycles. The maximum Gasteiger partial charge on any atom is 0.0425 e. The molecule has 3 aliphatic rings. The third-order valence-electron chi connectivity index (χ3n) is 3.26. The Bertz CT molecular complexity index is 499. The van der Waals surface area contributed by atoms with Gasteiger partial charge in [0.2, 0.25) is 0 Å². The van der Waals surface area contributed by atoms with E-state index in [0.29, 0.717) is 15.8 Å². The van der Waals surface area contributed by atoms with Crippen LogP contribution in [-0.2, 0) is 0 Å². The molecule has 2 unspecified atom stereocenters. The van der Waals surface area contributed by atoms with E-state index in [2.05, 4.69) is 61.7 Å². The lowest BCUT2D eigenvalue weighted by atomic mass is 10.1. The van der Waals surface area contributed by atoms with Gasteiger partial charge in [0.15, 0.2) is 0 Å². The van der Waals surface area contributed by atoms with Gasteiger partial charge >= 0.3 is 0 Å². The van der Waals surface area contributed by atoms with Crippen LogP contribution < -0.4 is 0 Å². The smallest absolute Gasteiger partial charge is 0.0425 e. The highest BCUT2D eigenvalue weighted by Gasteiger charge is 2.30. The van der Waals surface area contributed by atoms with Crippen molar-refractivity contribution in [3.63, 3.8) is 0 Å². The minimum absolute atomic E-state index is 0.250. The number of fused-ring (bicyclic) bond motifs is 1. The molecule has 82 valence electrons. The fourth-order valence-electron chi connectivity index (χ4n) is 2.58. The molecule has 0 radical (unpaired) electrons. The Labute approximate surface area is 101 Å².